The number of benzene rings is 4. The van der Waals surface area contributed by atoms with Crippen LogP contribution in [0.1, 0.15) is 34.1 Å². The fourth-order valence-electron chi connectivity index (χ4n) is 4.16. The molecule has 0 spiro atoms. The van der Waals surface area contributed by atoms with Crippen molar-refractivity contribution in [2.24, 2.45) is 0 Å². The summed E-state index contributed by atoms with van der Waals surface area (Å²) in [6, 6.07) is 31.5. The lowest BCUT2D eigenvalue weighted by molar-refractivity contribution is 0.225. The molecule has 4 rings (SSSR count). The summed E-state index contributed by atoms with van der Waals surface area (Å²) in [5.74, 6) is -1.04. The molecule has 0 saturated carbocycles. The van der Waals surface area contributed by atoms with Crippen LogP contribution in [-0.4, -0.2) is 30.0 Å². The predicted octanol–water partition coefficient (Wildman–Crippen LogP) is 5.98. The molecule has 6 nitrogen and oxygen atoms in total. The van der Waals surface area contributed by atoms with Gasteiger partial charge < -0.3 is 0 Å². The molecule has 0 fully saturated rings. The molecule has 0 aliphatic rings. The number of rotatable bonds is 11. The Balaban J connectivity index is 1.66. The van der Waals surface area contributed by atoms with Crippen LogP contribution < -0.4 is 0 Å². The topological polar surface area (TPSA) is 86.7 Å². The zero-order valence-electron chi connectivity index (χ0n) is 21.2. The minimum absolute atomic E-state index is 0.0596. The lowest BCUT2D eigenvalue weighted by Crippen LogP contribution is -2.24. The second kappa shape index (κ2) is 12.0. The highest BCUT2D eigenvalue weighted by atomic mass is 32.2. The maximum Gasteiger partial charge on any atom is 0.296 e. The molecule has 2 atom stereocenters. The Labute approximate surface area is 225 Å². The summed E-state index contributed by atoms with van der Waals surface area (Å²) in [5, 5.41) is 0. The van der Waals surface area contributed by atoms with Crippen LogP contribution in [0.4, 0.5) is 0 Å². The van der Waals surface area contributed by atoms with Crippen LogP contribution >= 0.6 is 0 Å². The van der Waals surface area contributed by atoms with Gasteiger partial charge >= 0.3 is 0 Å². The molecule has 2 unspecified atom stereocenters. The number of hydrogen-bond donors (Lipinski definition) is 0. The Kier molecular flexibility index (Phi) is 8.79. The summed E-state index contributed by atoms with van der Waals surface area (Å²) >= 11 is 0. The maximum atomic E-state index is 13.0. The summed E-state index contributed by atoms with van der Waals surface area (Å²) in [4.78, 5) is 0.119. The van der Waals surface area contributed by atoms with Crippen LogP contribution in [0.2, 0.25) is 0 Å². The minimum Gasteiger partial charge on any atom is -0.266 e. The standard InChI is InChI=1S/C30H30O6S2/c1-23-13-17-27(18-14-23)37(31,32)35-21-29(25-9-5-3-6-10-25)30(26-11-7-4-8-12-26)22-36-38(33,34)28-19-15-24(2)16-20-28/h3-20,29-30H,21-22H2,1-2H3. The van der Waals surface area contributed by atoms with E-state index in [1.165, 1.54) is 24.3 Å². The van der Waals surface area contributed by atoms with E-state index in [-0.39, 0.29) is 23.0 Å². The van der Waals surface area contributed by atoms with Crippen LogP contribution in [0.25, 0.3) is 0 Å². The third-order valence-electron chi connectivity index (χ3n) is 6.37. The molecule has 8 heteroatoms. The van der Waals surface area contributed by atoms with Crippen molar-refractivity contribution in [2.75, 3.05) is 13.2 Å². The van der Waals surface area contributed by atoms with Gasteiger partial charge in [0, 0.05) is 11.8 Å². The van der Waals surface area contributed by atoms with Crippen molar-refractivity contribution in [3.05, 3.63) is 131 Å². The van der Waals surface area contributed by atoms with E-state index in [1.54, 1.807) is 24.3 Å². The molecule has 0 amide bonds. The second-order valence-electron chi connectivity index (χ2n) is 9.14. The first-order valence-corrected chi connectivity index (χ1v) is 15.0. The van der Waals surface area contributed by atoms with Gasteiger partial charge in [-0.15, -0.1) is 0 Å². The van der Waals surface area contributed by atoms with Gasteiger partial charge in [-0.25, -0.2) is 0 Å². The van der Waals surface area contributed by atoms with Crippen molar-refractivity contribution >= 4 is 20.2 Å². The first-order chi connectivity index (χ1) is 18.2. The average Bonchev–Trinajstić information content (AvgIpc) is 2.92. The summed E-state index contributed by atoms with van der Waals surface area (Å²) in [5.41, 5.74) is 3.47. The molecule has 0 bridgehead atoms. The SMILES string of the molecule is Cc1ccc(S(=O)(=O)OCC(c2ccccc2)C(COS(=O)(=O)c2ccc(C)cc2)c2ccccc2)cc1. The average molecular weight is 551 g/mol. The van der Waals surface area contributed by atoms with Crippen LogP contribution in [0.5, 0.6) is 0 Å². The Morgan fingerprint density at radius 1 is 0.500 bits per heavy atom. The molecular formula is C30H30O6S2. The molecule has 4 aromatic rings. The van der Waals surface area contributed by atoms with Gasteiger partial charge in [-0.1, -0.05) is 96.1 Å². The van der Waals surface area contributed by atoms with E-state index < -0.39 is 32.1 Å². The van der Waals surface area contributed by atoms with Gasteiger partial charge in [-0.2, -0.15) is 16.8 Å². The van der Waals surface area contributed by atoms with Crippen molar-refractivity contribution < 1.29 is 25.2 Å². The highest BCUT2D eigenvalue weighted by Crippen LogP contribution is 2.35. The Bertz CT molecular complexity index is 1410. The van der Waals surface area contributed by atoms with E-state index in [1.807, 2.05) is 74.5 Å². The van der Waals surface area contributed by atoms with Crippen LogP contribution in [0, 0.1) is 13.8 Å². The monoisotopic (exact) mass is 550 g/mol. The lowest BCUT2D eigenvalue weighted by Gasteiger charge is -2.27. The van der Waals surface area contributed by atoms with Gasteiger partial charge in [0.25, 0.3) is 20.2 Å². The largest absolute Gasteiger partial charge is 0.296 e. The molecule has 0 aliphatic carbocycles. The van der Waals surface area contributed by atoms with Crippen molar-refractivity contribution in [3.8, 4) is 0 Å². The molecule has 198 valence electrons. The zero-order chi connectivity index (χ0) is 27.2. The molecule has 0 radical (unpaired) electrons. The van der Waals surface area contributed by atoms with Crippen LogP contribution in [-0.2, 0) is 28.6 Å². The molecule has 0 aliphatic heterocycles. The van der Waals surface area contributed by atoms with Gasteiger partial charge in [0.05, 0.1) is 23.0 Å². The van der Waals surface area contributed by atoms with E-state index in [4.69, 9.17) is 8.37 Å². The summed E-state index contributed by atoms with van der Waals surface area (Å²) in [7, 11) is -8.09. The minimum atomic E-state index is -4.05. The third-order valence-corrected chi connectivity index (χ3v) is 8.96. The van der Waals surface area contributed by atoms with E-state index >= 15 is 0 Å². The molecule has 0 N–H and O–H groups in total. The predicted molar refractivity (Wildman–Crippen MR) is 147 cm³/mol. The van der Waals surface area contributed by atoms with E-state index in [0.717, 1.165) is 22.3 Å². The molecule has 0 saturated heterocycles. The normalized spacial score (nSPS) is 13.6. The quantitative estimate of drug-likeness (QED) is 0.214. The van der Waals surface area contributed by atoms with Crippen molar-refractivity contribution in [1.29, 1.82) is 0 Å². The fraction of sp³-hybridized carbons (Fsp3) is 0.200. The Hall–Kier alpha value is -3.30. The maximum absolute atomic E-state index is 13.0. The lowest BCUT2D eigenvalue weighted by atomic mass is 9.82. The van der Waals surface area contributed by atoms with E-state index in [0.29, 0.717) is 0 Å². The highest BCUT2D eigenvalue weighted by molar-refractivity contribution is 7.87. The van der Waals surface area contributed by atoms with Gasteiger partial charge in [-0.3, -0.25) is 8.37 Å². The molecule has 4 aromatic carbocycles. The molecule has 0 heterocycles. The molecular weight excluding hydrogens is 520 g/mol. The number of aryl methyl sites for hydroxylation is 2. The van der Waals surface area contributed by atoms with Crippen LogP contribution in [0.3, 0.4) is 0 Å². The summed E-state index contributed by atoms with van der Waals surface area (Å²) in [6.45, 7) is 3.34. The summed E-state index contributed by atoms with van der Waals surface area (Å²) < 4.78 is 63.2. The molecule has 38 heavy (non-hydrogen) atoms. The van der Waals surface area contributed by atoms with Crippen molar-refractivity contribution in [1.82, 2.24) is 0 Å². The third kappa shape index (κ3) is 6.96. The van der Waals surface area contributed by atoms with E-state index in [2.05, 4.69) is 0 Å². The highest BCUT2D eigenvalue weighted by Gasteiger charge is 2.30. The first kappa shape index (κ1) is 27.7. The molecule has 0 aromatic heterocycles. The van der Waals surface area contributed by atoms with E-state index in [9.17, 15) is 16.8 Å². The second-order valence-corrected chi connectivity index (χ2v) is 12.4. The fourth-order valence-corrected chi connectivity index (χ4v) is 6.02. The van der Waals surface area contributed by atoms with Crippen molar-refractivity contribution in [3.63, 3.8) is 0 Å². The van der Waals surface area contributed by atoms with Crippen LogP contribution in [0.15, 0.2) is 119 Å². The zero-order valence-corrected chi connectivity index (χ0v) is 22.9. The van der Waals surface area contributed by atoms with Gasteiger partial charge in [0.1, 0.15) is 0 Å². The van der Waals surface area contributed by atoms with Gasteiger partial charge in [0.15, 0.2) is 0 Å². The number of hydrogen-bond acceptors (Lipinski definition) is 6. The van der Waals surface area contributed by atoms with Gasteiger partial charge in [0.2, 0.25) is 0 Å². The van der Waals surface area contributed by atoms with Crippen molar-refractivity contribution in [2.45, 2.75) is 35.5 Å². The van der Waals surface area contributed by atoms with Gasteiger partial charge in [-0.05, 0) is 49.2 Å². The summed E-state index contributed by atoms with van der Waals surface area (Å²) in [6.07, 6.45) is 0. The smallest absolute Gasteiger partial charge is 0.266 e. The Morgan fingerprint density at radius 2 is 0.816 bits per heavy atom. The first-order valence-electron chi connectivity index (χ1n) is 12.2. The Morgan fingerprint density at radius 3 is 1.13 bits per heavy atom.